The molecule has 0 spiro atoms. The molecule has 9 nitrogen and oxygen atoms in total. The first-order valence-electron chi connectivity index (χ1n) is 8.76. The van der Waals surface area contributed by atoms with Gasteiger partial charge in [0.25, 0.3) is 11.2 Å². The van der Waals surface area contributed by atoms with Crippen LogP contribution in [0.4, 0.5) is 5.69 Å². The third-order valence-corrected chi connectivity index (χ3v) is 4.78. The van der Waals surface area contributed by atoms with Gasteiger partial charge in [0, 0.05) is 17.7 Å². The molecule has 0 amide bonds. The highest BCUT2D eigenvalue weighted by atomic mass is 35.5. The summed E-state index contributed by atoms with van der Waals surface area (Å²) in [6.07, 6.45) is 0. The van der Waals surface area contributed by atoms with Crippen LogP contribution in [0.5, 0.6) is 0 Å². The average Bonchev–Trinajstić information content (AvgIpc) is 3.24. The fraction of sp³-hybridized carbons (Fsp3) is 0. The molecule has 0 aliphatic heterocycles. The summed E-state index contributed by atoms with van der Waals surface area (Å²) >= 11 is 6.11. The highest BCUT2D eigenvalue weighted by Gasteiger charge is 2.19. The zero-order valence-electron chi connectivity index (χ0n) is 15.5. The molecule has 0 atom stereocenters. The highest BCUT2D eigenvalue weighted by Crippen LogP contribution is 2.34. The summed E-state index contributed by atoms with van der Waals surface area (Å²) in [7, 11) is 0. The molecule has 0 saturated carbocycles. The third-order valence-electron chi connectivity index (χ3n) is 4.47. The molecule has 2 aromatic carbocycles. The lowest BCUT2D eigenvalue weighted by atomic mass is 10.1. The van der Waals surface area contributed by atoms with E-state index in [0.717, 1.165) is 0 Å². The van der Waals surface area contributed by atoms with E-state index >= 15 is 0 Å². The van der Waals surface area contributed by atoms with Crippen LogP contribution in [0.25, 0.3) is 33.6 Å². The first-order valence-corrected chi connectivity index (χ1v) is 9.14. The molecule has 0 saturated heterocycles. The Balaban J connectivity index is 1.78. The van der Waals surface area contributed by atoms with E-state index in [0.29, 0.717) is 16.5 Å². The number of fused-ring (bicyclic) bond motifs is 1. The standard InChI is InChI=1S/C21H11ClN4O5/c22-15-9-11(26(29)30)5-6-12(15)17-7-8-18(31-17)19(27)14(10-23)20-24-16-4-2-1-3-13(16)21(28)25-20/h1-9,27H,(H,24,25,28)/b19-14-. The van der Waals surface area contributed by atoms with Gasteiger partial charge < -0.3 is 14.5 Å². The second-order valence-electron chi connectivity index (χ2n) is 6.35. The maximum absolute atomic E-state index is 12.3. The molecule has 2 heterocycles. The van der Waals surface area contributed by atoms with Gasteiger partial charge in [-0.05, 0) is 30.3 Å². The number of hydrogen-bond donors (Lipinski definition) is 2. The Morgan fingerprint density at radius 1 is 1.23 bits per heavy atom. The lowest BCUT2D eigenvalue weighted by molar-refractivity contribution is -0.384. The molecule has 0 aliphatic rings. The van der Waals surface area contributed by atoms with Crippen molar-refractivity contribution >= 4 is 39.5 Å². The van der Waals surface area contributed by atoms with Crippen molar-refractivity contribution in [2.45, 2.75) is 0 Å². The number of nitriles is 1. The highest BCUT2D eigenvalue weighted by molar-refractivity contribution is 6.33. The molecular weight excluding hydrogens is 424 g/mol. The van der Waals surface area contributed by atoms with Crippen molar-refractivity contribution in [2.24, 2.45) is 0 Å². The number of furan rings is 1. The molecule has 0 unspecified atom stereocenters. The number of nitrogens with zero attached hydrogens (tertiary/aromatic N) is 3. The molecule has 152 valence electrons. The zero-order valence-corrected chi connectivity index (χ0v) is 16.3. The number of nitrogens with one attached hydrogen (secondary N) is 1. The predicted molar refractivity (Wildman–Crippen MR) is 113 cm³/mol. The van der Waals surface area contributed by atoms with Crippen molar-refractivity contribution in [3.63, 3.8) is 0 Å². The first-order chi connectivity index (χ1) is 14.9. The van der Waals surface area contributed by atoms with E-state index in [1.54, 1.807) is 24.3 Å². The maximum atomic E-state index is 12.3. The van der Waals surface area contributed by atoms with Gasteiger partial charge in [0.2, 0.25) is 0 Å². The number of nitro benzene ring substituents is 1. The van der Waals surface area contributed by atoms with Crippen LogP contribution < -0.4 is 5.56 Å². The second-order valence-corrected chi connectivity index (χ2v) is 6.76. The van der Waals surface area contributed by atoms with Crippen LogP contribution in [0, 0.1) is 21.4 Å². The van der Waals surface area contributed by atoms with E-state index in [1.165, 1.54) is 30.3 Å². The van der Waals surface area contributed by atoms with E-state index in [2.05, 4.69) is 9.97 Å². The molecule has 2 N–H and O–H groups in total. The Morgan fingerprint density at radius 2 is 2.00 bits per heavy atom. The van der Waals surface area contributed by atoms with Crippen LogP contribution in [0.3, 0.4) is 0 Å². The van der Waals surface area contributed by atoms with Gasteiger partial charge >= 0.3 is 0 Å². The van der Waals surface area contributed by atoms with Gasteiger partial charge in [-0.25, -0.2) is 4.98 Å². The number of para-hydroxylation sites is 1. The number of aromatic amines is 1. The molecule has 4 aromatic rings. The number of benzene rings is 2. The summed E-state index contributed by atoms with van der Waals surface area (Å²) in [5.74, 6) is -0.504. The number of hydrogen-bond acceptors (Lipinski definition) is 7. The van der Waals surface area contributed by atoms with E-state index < -0.39 is 16.2 Å². The van der Waals surface area contributed by atoms with E-state index in [4.69, 9.17) is 16.0 Å². The Labute approximate surface area is 178 Å². The molecule has 10 heteroatoms. The van der Waals surface area contributed by atoms with Crippen LogP contribution in [0.2, 0.25) is 5.02 Å². The van der Waals surface area contributed by atoms with E-state index in [9.17, 15) is 25.3 Å². The van der Waals surface area contributed by atoms with Gasteiger partial charge in [0.1, 0.15) is 17.4 Å². The van der Waals surface area contributed by atoms with Crippen LogP contribution in [0.15, 0.2) is 63.8 Å². The predicted octanol–water partition coefficient (Wildman–Crippen LogP) is 4.69. The van der Waals surface area contributed by atoms with Crippen molar-refractivity contribution in [3.05, 3.63) is 91.7 Å². The summed E-state index contributed by atoms with van der Waals surface area (Å²) in [4.78, 5) is 29.3. The summed E-state index contributed by atoms with van der Waals surface area (Å²) < 4.78 is 5.60. The number of H-pyrrole nitrogens is 1. The minimum absolute atomic E-state index is 0.0724. The topological polar surface area (TPSA) is 146 Å². The van der Waals surface area contributed by atoms with Crippen molar-refractivity contribution in [1.82, 2.24) is 9.97 Å². The normalized spacial score (nSPS) is 11.7. The number of non-ortho nitro benzene ring substituents is 1. The first kappa shape index (κ1) is 19.9. The second kappa shape index (κ2) is 7.78. The van der Waals surface area contributed by atoms with Crippen molar-refractivity contribution in [3.8, 4) is 17.4 Å². The van der Waals surface area contributed by atoms with Crippen molar-refractivity contribution in [2.75, 3.05) is 0 Å². The number of aliphatic hydroxyl groups is 1. The van der Waals surface area contributed by atoms with E-state index in [-0.39, 0.29) is 33.6 Å². The van der Waals surface area contributed by atoms with Gasteiger partial charge in [-0.1, -0.05) is 23.7 Å². The SMILES string of the molecule is N#C/C(=C(/O)c1ccc(-c2ccc([N+](=O)[O-])cc2Cl)o1)c1nc2ccccc2c(=O)[nH]1. The lowest BCUT2D eigenvalue weighted by Crippen LogP contribution is -2.11. The smallest absolute Gasteiger partial charge is 0.270 e. The molecule has 0 aliphatic carbocycles. The molecule has 0 bridgehead atoms. The minimum Gasteiger partial charge on any atom is -0.503 e. The van der Waals surface area contributed by atoms with Gasteiger partial charge in [-0.2, -0.15) is 5.26 Å². The molecule has 0 fully saturated rings. The van der Waals surface area contributed by atoms with Crippen molar-refractivity contribution in [1.29, 1.82) is 5.26 Å². The van der Waals surface area contributed by atoms with Crippen LogP contribution >= 0.6 is 11.6 Å². The minimum atomic E-state index is -0.575. The molecule has 4 rings (SSSR count). The lowest BCUT2D eigenvalue weighted by Gasteiger charge is -2.04. The summed E-state index contributed by atoms with van der Waals surface area (Å²) in [6.45, 7) is 0. The van der Waals surface area contributed by atoms with Crippen LogP contribution in [0.1, 0.15) is 11.6 Å². The maximum Gasteiger partial charge on any atom is 0.270 e. The van der Waals surface area contributed by atoms with E-state index in [1.807, 2.05) is 6.07 Å². The number of aliphatic hydroxyl groups excluding tert-OH is 1. The average molecular weight is 435 g/mol. The number of halogens is 1. The Kier molecular flexibility index (Phi) is 4.99. The quantitative estimate of drug-likeness (QED) is 0.205. The largest absolute Gasteiger partial charge is 0.503 e. The third kappa shape index (κ3) is 3.63. The summed E-state index contributed by atoms with van der Waals surface area (Å²) in [5.41, 5.74) is -0.208. The zero-order chi connectivity index (χ0) is 22.1. The summed E-state index contributed by atoms with van der Waals surface area (Å²) in [6, 6.07) is 15.2. The monoisotopic (exact) mass is 434 g/mol. The molecule has 0 radical (unpaired) electrons. The van der Waals surface area contributed by atoms with Crippen LogP contribution in [-0.2, 0) is 0 Å². The van der Waals surface area contributed by atoms with Gasteiger partial charge in [0.15, 0.2) is 17.3 Å². The number of aromatic nitrogens is 2. The van der Waals surface area contributed by atoms with Gasteiger partial charge in [-0.15, -0.1) is 0 Å². The number of nitro groups is 1. The fourth-order valence-electron chi connectivity index (χ4n) is 2.97. The molecular formula is C21H11ClN4O5. The summed E-state index contributed by atoms with van der Waals surface area (Å²) in [5, 5.41) is 31.5. The van der Waals surface area contributed by atoms with Gasteiger partial charge in [0.05, 0.1) is 20.8 Å². The Hall–Kier alpha value is -4.42. The Bertz CT molecular complexity index is 1480. The Morgan fingerprint density at radius 3 is 2.71 bits per heavy atom. The number of allylic oxidation sites excluding steroid dienone is 1. The fourth-order valence-corrected chi connectivity index (χ4v) is 3.24. The van der Waals surface area contributed by atoms with Gasteiger partial charge in [-0.3, -0.25) is 14.9 Å². The molecule has 2 aromatic heterocycles. The van der Waals surface area contributed by atoms with Crippen LogP contribution in [-0.4, -0.2) is 20.0 Å². The van der Waals surface area contributed by atoms with Crippen molar-refractivity contribution < 1.29 is 14.4 Å². The molecule has 31 heavy (non-hydrogen) atoms. The number of rotatable bonds is 4.